The average Bonchev–Trinajstić information content (AvgIpc) is 2.51. The molecule has 1 aromatic rings. The zero-order chi connectivity index (χ0) is 16.5. The number of thioether (sulfide) groups is 1. The van der Waals surface area contributed by atoms with Gasteiger partial charge in [-0.1, -0.05) is 11.6 Å². The number of allylic oxidation sites excluding steroid dienone is 1. The first-order chi connectivity index (χ1) is 10.5. The number of halogens is 1. The van der Waals surface area contributed by atoms with E-state index in [1.54, 1.807) is 37.4 Å². The number of carbonyl (C=O) groups is 2. The van der Waals surface area contributed by atoms with E-state index in [0.717, 1.165) is 0 Å². The molecule has 0 aromatic heterocycles. The lowest BCUT2D eigenvalue weighted by molar-refractivity contribution is -0.141. The number of esters is 1. The van der Waals surface area contributed by atoms with E-state index >= 15 is 0 Å². The van der Waals surface area contributed by atoms with Gasteiger partial charge in [0.25, 0.3) is 0 Å². The molecule has 0 bridgehead atoms. The van der Waals surface area contributed by atoms with E-state index in [1.807, 2.05) is 6.07 Å². The molecule has 0 fully saturated rings. The Bertz CT molecular complexity index is 621. The van der Waals surface area contributed by atoms with Gasteiger partial charge in [0.1, 0.15) is 18.2 Å². The van der Waals surface area contributed by atoms with Crippen LogP contribution in [0.3, 0.4) is 0 Å². The van der Waals surface area contributed by atoms with Crippen LogP contribution in [0.1, 0.15) is 17.3 Å². The van der Waals surface area contributed by atoms with Crippen LogP contribution < -0.4 is 5.32 Å². The van der Waals surface area contributed by atoms with Gasteiger partial charge in [-0.15, -0.1) is 11.8 Å². The topological polar surface area (TPSA) is 79.2 Å². The normalized spacial score (nSPS) is 11.2. The molecule has 0 unspecified atom stereocenters. The predicted molar refractivity (Wildman–Crippen MR) is 86.6 cm³/mol. The van der Waals surface area contributed by atoms with Gasteiger partial charge in [0.05, 0.1) is 11.6 Å². The van der Waals surface area contributed by atoms with Crippen LogP contribution in [0.15, 0.2) is 34.9 Å². The van der Waals surface area contributed by atoms with E-state index in [-0.39, 0.29) is 18.7 Å². The van der Waals surface area contributed by atoms with E-state index in [4.69, 9.17) is 16.3 Å². The minimum Gasteiger partial charge on any atom is -0.465 e. The Labute approximate surface area is 138 Å². The van der Waals surface area contributed by atoms with Gasteiger partial charge in [0.15, 0.2) is 0 Å². The number of ketones is 1. The largest absolute Gasteiger partial charge is 0.465 e. The molecule has 0 aliphatic rings. The zero-order valence-electron chi connectivity index (χ0n) is 12.2. The monoisotopic (exact) mass is 338 g/mol. The summed E-state index contributed by atoms with van der Waals surface area (Å²) in [5.41, 5.74) is 0.296. The summed E-state index contributed by atoms with van der Waals surface area (Å²) in [5.74, 6) is -0.884. The summed E-state index contributed by atoms with van der Waals surface area (Å²) in [4.78, 5) is 23.7. The van der Waals surface area contributed by atoms with Crippen LogP contribution in [-0.4, -0.2) is 31.2 Å². The SMILES string of the molecule is CCOC(=O)CN/C(SC)=C(/C#N)C(=O)c1ccc(Cl)cc1. The fraction of sp³-hybridized carbons (Fsp3) is 0.267. The van der Waals surface area contributed by atoms with Gasteiger partial charge in [-0.25, -0.2) is 0 Å². The molecule has 0 saturated heterocycles. The molecule has 1 N–H and O–H groups in total. The molecule has 0 amide bonds. The molecule has 0 aliphatic carbocycles. The first kappa shape index (κ1) is 18.1. The third-order valence-electron chi connectivity index (χ3n) is 2.58. The number of nitrogens with one attached hydrogen (secondary N) is 1. The highest BCUT2D eigenvalue weighted by Gasteiger charge is 2.18. The standard InChI is InChI=1S/C15H15ClN2O3S/c1-3-21-13(19)9-18-15(22-2)12(8-17)14(20)10-4-6-11(16)7-5-10/h4-7,18H,3,9H2,1-2H3/b15-12+. The van der Waals surface area contributed by atoms with Gasteiger partial charge in [0.2, 0.25) is 5.78 Å². The first-order valence-electron chi connectivity index (χ1n) is 6.41. The number of nitrogens with zero attached hydrogens (tertiary/aromatic N) is 1. The minimum absolute atomic E-state index is 0.0564. The first-order valence-corrected chi connectivity index (χ1v) is 8.01. The Morgan fingerprint density at radius 1 is 1.36 bits per heavy atom. The Kier molecular flexibility index (Phi) is 7.50. The summed E-state index contributed by atoms with van der Waals surface area (Å²) in [7, 11) is 0. The number of hydrogen-bond acceptors (Lipinski definition) is 6. The van der Waals surface area contributed by atoms with Crippen LogP contribution in [0.2, 0.25) is 5.02 Å². The van der Waals surface area contributed by atoms with Crippen molar-refractivity contribution in [2.45, 2.75) is 6.92 Å². The number of benzene rings is 1. The van der Waals surface area contributed by atoms with Gasteiger partial charge in [-0.3, -0.25) is 9.59 Å². The maximum absolute atomic E-state index is 12.4. The van der Waals surface area contributed by atoms with Gasteiger partial charge in [-0.05, 0) is 37.4 Å². The highest BCUT2D eigenvalue weighted by atomic mass is 35.5. The van der Waals surface area contributed by atoms with Crippen molar-refractivity contribution in [3.63, 3.8) is 0 Å². The molecule has 1 aromatic carbocycles. The fourth-order valence-electron chi connectivity index (χ4n) is 1.58. The van der Waals surface area contributed by atoms with E-state index < -0.39 is 11.8 Å². The molecular formula is C15H15ClN2O3S. The second kappa shape index (κ2) is 9.13. The van der Waals surface area contributed by atoms with Crippen molar-refractivity contribution >= 4 is 35.1 Å². The predicted octanol–water partition coefficient (Wildman–Crippen LogP) is 2.77. The molecule has 0 aliphatic heterocycles. The molecule has 22 heavy (non-hydrogen) atoms. The fourth-order valence-corrected chi connectivity index (χ4v) is 2.26. The van der Waals surface area contributed by atoms with Crippen molar-refractivity contribution in [1.82, 2.24) is 5.32 Å². The van der Waals surface area contributed by atoms with Crippen LogP contribution in [0.4, 0.5) is 0 Å². The molecule has 5 nitrogen and oxygen atoms in total. The van der Waals surface area contributed by atoms with Crippen molar-refractivity contribution in [1.29, 1.82) is 5.26 Å². The lowest BCUT2D eigenvalue weighted by Crippen LogP contribution is -2.25. The molecular weight excluding hydrogens is 324 g/mol. The summed E-state index contributed by atoms with van der Waals surface area (Å²) in [5, 5.41) is 12.9. The number of nitriles is 1. The van der Waals surface area contributed by atoms with Crippen molar-refractivity contribution < 1.29 is 14.3 Å². The third-order valence-corrected chi connectivity index (χ3v) is 3.58. The smallest absolute Gasteiger partial charge is 0.325 e. The lowest BCUT2D eigenvalue weighted by atomic mass is 10.1. The minimum atomic E-state index is -0.453. The molecule has 0 radical (unpaired) electrons. The van der Waals surface area contributed by atoms with Crippen LogP contribution >= 0.6 is 23.4 Å². The molecule has 0 atom stereocenters. The highest BCUT2D eigenvalue weighted by Crippen LogP contribution is 2.19. The van der Waals surface area contributed by atoms with Crippen LogP contribution in [0.5, 0.6) is 0 Å². The van der Waals surface area contributed by atoms with Crippen LogP contribution in [0, 0.1) is 11.3 Å². The van der Waals surface area contributed by atoms with Gasteiger partial charge >= 0.3 is 5.97 Å². The van der Waals surface area contributed by atoms with E-state index in [9.17, 15) is 14.9 Å². The lowest BCUT2D eigenvalue weighted by Gasteiger charge is -2.10. The summed E-state index contributed by atoms with van der Waals surface area (Å²) in [6.07, 6.45) is 1.71. The van der Waals surface area contributed by atoms with E-state index in [1.165, 1.54) is 11.8 Å². The Morgan fingerprint density at radius 2 is 2.00 bits per heavy atom. The molecule has 116 valence electrons. The van der Waals surface area contributed by atoms with Crippen molar-refractivity contribution in [3.8, 4) is 6.07 Å². The third kappa shape index (κ3) is 5.10. The number of hydrogen-bond donors (Lipinski definition) is 1. The van der Waals surface area contributed by atoms with Gasteiger partial charge < -0.3 is 10.1 Å². The van der Waals surface area contributed by atoms with Crippen molar-refractivity contribution in [2.75, 3.05) is 19.4 Å². The second-order valence-corrected chi connectivity index (χ2v) is 5.27. The quantitative estimate of drug-likeness (QED) is 0.356. The maximum Gasteiger partial charge on any atom is 0.325 e. The molecule has 1 rings (SSSR count). The molecule has 7 heteroatoms. The molecule has 0 saturated carbocycles. The van der Waals surface area contributed by atoms with Gasteiger partial charge in [-0.2, -0.15) is 5.26 Å². The highest BCUT2D eigenvalue weighted by molar-refractivity contribution is 8.02. The number of rotatable bonds is 7. The zero-order valence-corrected chi connectivity index (χ0v) is 13.8. The van der Waals surface area contributed by atoms with Crippen LogP contribution in [-0.2, 0) is 9.53 Å². The van der Waals surface area contributed by atoms with E-state index in [0.29, 0.717) is 15.6 Å². The molecule has 0 heterocycles. The number of carbonyl (C=O) groups excluding carboxylic acids is 2. The second-order valence-electron chi connectivity index (χ2n) is 4.01. The summed E-state index contributed by atoms with van der Waals surface area (Å²) < 4.78 is 4.79. The van der Waals surface area contributed by atoms with Gasteiger partial charge in [0, 0.05) is 10.6 Å². The van der Waals surface area contributed by atoms with Crippen molar-refractivity contribution in [2.24, 2.45) is 0 Å². The Hall–Kier alpha value is -1.97. The summed E-state index contributed by atoms with van der Waals surface area (Å²) in [6, 6.07) is 8.13. The Balaban J connectivity index is 2.97. The Morgan fingerprint density at radius 3 is 2.50 bits per heavy atom. The average molecular weight is 339 g/mol. The summed E-state index contributed by atoms with van der Waals surface area (Å²) in [6.45, 7) is 1.87. The maximum atomic E-state index is 12.4. The molecule has 0 spiro atoms. The van der Waals surface area contributed by atoms with Crippen LogP contribution in [0.25, 0.3) is 0 Å². The number of Topliss-reactive ketones (excluding diaryl/α,β-unsaturated/α-hetero) is 1. The van der Waals surface area contributed by atoms with Crippen molar-refractivity contribution in [3.05, 3.63) is 45.5 Å². The number of ether oxygens (including phenoxy) is 1. The van der Waals surface area contributed by atoms with E-state index in [2.05, 4.69) is 5.32 Å². The summed E-state index contributed by atoms with van der Waals surface area (Å²) >= 11 is 6.96.